The summed E-state index contributed by atoms with van der Waals surface area (Å²) in [6.07, 6.45) is 4.41. The Balaban J connectivity index is 2.13. The third-order valence-corrected chi connectivity index (χ3v) is 3.19. The van der Waals surface area contributed by atoms with Crippen LogP contribution >= 0.6 is 11.8 Å². The van der Waals surface area contributed by atoms with Gasteiger partial charge >= 0.3 is 0 Å². The molecule has 1 aliphatic rings. The summed E-state index contributed by atoms with van der Waals surface area (Å²) in [6, 6.07) is 0. The number of thioether (sulfide) groups is 1. The molecule has 1 heterocycles. The normalized spacial score (nSPS) is 21.9. The summed E-state index contributed by atoms with van der Waals surface area (Å²) in [7, 11) is 0. The Hall–Kier alpha value is 0.350. The monoisotopic (exact) mass is 158 g/mol. The first-order valence-corrected chi connectivity index (χ1v) is 5.52. The molecule has 0 spiro atoms. The molecule has 0 amide bonds. The van der Waals surface area contributed by atoms with Gasteiger partial charge in [-0.1, -0.05) is 13.8 Å². The summed E-state index contributed by atoms with van der Waals surface area (Å²) in [5.74, 6) is 4.80. The Labute approximate surface area is 68.8 Å². The van der Waals surface area contributed by atoms with E-state index in [1.54, 1.807) is 0 Å². The smallest absolute Gasteiger partial charge is 0.00649 e. The van der Waals surface area contributed by atoms with Crippen molar-refractivity contribution < 1.29 is 0 Å². The Bertz CT molecular complexity index is 82.7. The van der Waals surface area contributed by atoms with Gasteiger partial charge in [0, 0.05) is 0 Å². The maximum absolute atomic E-state index is 2.34. The molecule has 0 nitrogen and oxygen atoms in total. The number of rotatable bonds is 2. The molecular formula is C9H18S. The quantitative estimate of drug-likeness (QED) is 0.595. The first-order chi connectivity index (χ1) is 4.79. The van der Waals surface area contributed by atoms with Crippen LogP contribution in [0.2, 0.25) is 0 Å². The van der Waals surface area contributed by atoms with Crippen LogP contribution in [0.25, 0.3) is 0 Å². The SMILES string of the molecule is CC(C)CC1CCSCC1. The van der Waals surface area contributed by atoms with E-state index in [1.807, 2.05) is 0 Å². The van der Waals surface area contributed by atoms with E-state index >= 15 is 0 Å². The minimum atomic E-state index is 0.910. The van der Waals surface area contributed by atoms with Crippen LogP contribution in [0.4, 0.5) is 0 Å². The van der Waals surface area contributed by atoms with Crippen molar-refractivity contribution in [2.75, 3.05) is 11.5 Å². The second-order valence-corrected chi connectivity index (χ2v) is 4.91. The lowest BCUT2D eigenvalue weighted by atomic mass is 9.92. The Morgan fingerprint density at radius 1 is 1.30 bits per heavy atom. The Morgan fingerprint density at radius 3 is 2.40 bits per heavy atom. The average molecular weight is 158 g/mol. The van der Waals surface area contributed by atoms with Crippen molar-refractivity contribution in [3.05, 3.63) is 0 Å². The van der Waals surface area contributed by atoms with Crippen molar-refractivity contribution in [1.82, 2.24) is 0 Å². The summed E-state index contributed by atoms with van der Waals surface area (Å²) in [5, 5.41) is 0. The van der Waals surface area contributed by atoms with Gasteiger partial charge in [-0.05, 0) is 42.6 Å². The summed E-state index contributed by atoms with van der Waals surface area (Å²) in [6.45, 7) is 4.67. The minimum Gasteiger partial charge on any atom is -0.162 e. The van der Waals surface area contributed by atoms with E-state index in [2.05, 4.69) is 25.6 Å². The van der Waals surface area contributed by atoms with Gasteiger partial charge in [0.15, 0.2) is 0 Å². The van der Waals surface area contributed by atoms with Gasteiger partial charge in [-0.3, -0.25) is 0 Å². The zero-order valence-electron chi connectivity index (χ0n) is 7.10. The minimum absolute atomic E-state index is 0.910. The van der Waals surface area contributed by atoms with Crippen LogP contribution in [-0.2, 0) is 0 Å². The van der Waals surface area contributed by atoms with Crippen LogP contribution in [0.5, 0.6) is 0 Å². The second-order valence-electron chi connectivity index (χ2n) is 3.69. The van der Waals surface area contributed by atoms with Crippen LogP contribution in [0.3, 0.4) is 0 Å². The third-order valence-electron chi connectivity index (χ3n) is 2.15. The first-order valence-electron chi connectivity index (χ1n) is 4.37. The molecule has 1 aliphatic heterocycles. The molecule has 1 rings (SSSR count). The van der Waals surface area contributed by atoms with Crippen LogP contribution in [-0.4, -0.2) is 11.5 Å². The van der Waals surface area contributed by atoms with E-state index in [1.165, 1.54) is 30.8 Å². The fraction of sp³-hybridized carbons (Fsp3) is 1.00. The van der Waals surface area contributed by atoms with Crippen LogP contribution in [0, 0.1) is 11.8 Å². The molecule has 0 saturated carbocycles. The Kier molecular flexibility index (Phi) is 3.61. The Morgan fingerprint density at radius 2 is 1.90 bits per heavy atom. The summed E-state index contributed by atoms with van der Waals surface area (Å²) in [5.41, 5.74) is 0. The van der Waals surface area contributed by atoms with Crippen LogP contribution in [0.15, 0.2) is 0 Å². The zero-order valence-corrected chi connectivity index (χ0v) is 7.91. The fourth-order valence-corrected chi connectivity index (χ4v) is 2.85. The van der Waals surface area contributed by atoms with E-state index in [0.29, 0.717) is 0 Å². The maximum atomic E-state index is 2.34. The molecule has 0 aromatic rings. The molecule has 0 bridgehead atoms. The van der Waals surface area contributed by atoms with E-state index in [9.17, 15) is 0 Å². The summed E-state index contributed by atoms with van der Waals surface area (Å²) < 4.78 is 0. The molecule has 60 valence electrons. The summed E-state index contributed by atoms with van der Waals surface area (Å²) in [4.78, 5) is 0. The highest BCUT2D eigenvalue weighted by Gasteiger charge is 2.14. The molecule has 0 atom stereocenters. The first kappa shape index (κ1) is 8.45. The fourth-order valence-electron chi connectivity index (χ4n) is 1.65. The van der Waals surface area contributed by atoms with Crippen molar-refractivity contribution in [2.45, 2.75) is 33.1 Å². The van der Waals surface area contributed by atoms with Gasteiger partial charge in [-0.2, -0.15) is 11.8 Å². The van der Waals surface area contributed by atoms with Crippen LogP contribution in [0.1, 0.15) is 33.1 Å². The van der Waals surface area contributed by atoms with E-state index in [0.717, 1.165) is 11.8 Å². The van der Waals surface area contributed by atoms with Gasteiger partial charge in [0.1, 0.15) is 0 Å². The van der Waals surface area contributed by atoms with Gasteiger partial charge in [0.2, 0.25) is 0 Å². The van der Waals surface area contributed by atoms with Crippen molar-refractivity contribution in [1.29, 1.82) is 0 Å². The van der Waals surface area contributed by atoms with Gasteiger partial charge in [-0.25, -0.2) is 0 Å². The second kappa shape index (κ2) is 4.27. The third kappa shape index (κ3) is 2.96. The van der Waals surface area contributed by atoms with Gasteiger partial charge in [0.05, 0.1) is 0 Å². The van der Waals surface area contributed by atoms with Gasteiger partial charge in [-0.15, -0.1) is 0 Å². The lowest BCUT2D eigenvalue weighted by molar-refractivity contribution is 0.387. The average Bonchev–Trinajstić information content (AvgIpc) is 1.88. The van der Waals surface area contributed by atoms with Crippen molar-refractivity contribution >= 4 is 11.8 Å². The molecule has 0 aromatic heterocycles. The molecule has 0 N–H and O–H groups in total. The van der Waals surface area contributed by atoms with Crippen molar-refractivity contribution in [3.63, 3.8) is 0 Å². The number of hydrogen-bond donors (Lipinski definition) is 0. The predicted molar refractivity (Wildman–Crippen MR) is 49.5 cm³/mol. The topological polar surface area (TPSA) is 0 Å². The lowest BCUT2D eigenvalue weighted by Gasteiger charge is -2.22. The van der Waals surface area contributed by atoms with Gasteiger partial charge in [0.25, 0.3) is 0 Å². The molecule has 0 unspecified atom stereocenters. The molecule has 0 aromatic carbocycles. The van der Waals surface area contributed by atoms with Crippen LogP contribution < -0.4 is 0 Å². The highest BCUT2D eigenvalue weighted by molar-refractivity contribution is 7.99. The van der Waals surface area contributed by atoms with Crippen molar-refractivity contribution in [3.8, 4) is 0 Å². The van der Waals surface area contributed by atoms with Gasteiger partial charge < -0.3 is 0 Å². The number of hydrogen-bond acceptors (Lipinski definition) is 1. The molecule has 1 saturated heterocycles. The highest BCUT2D eigenvalue weighted by Crippen LogP contribution is 2.27. The lowest BCUT2D eigenvalue weighted by Crippen LogP contribution is -2.11. The van der Waals surface area contributed by atoms with E-state index < -0.39 is 0 Å². The standard InChI is InChI=1S/C9H18S/c1-8(2)7-9-3-5-10-6-4-9/h8-9H,3-7H2,1-2H3. The summed E-state index contributed by atoms with van der Waals surface area (Å²) >= 11 is 2.13. The molecule has 0 aliphatic carbocycles. The van der Waals surface area contributed by atoms with E-state index in [-0.39, 0.29) is 0 Å². The van der Waals surface area contributed by atoms with E-state index in [4.69, 9.17) is 0 Å². The molecule has 0 radical (unpaired) electrons. The molecule has 10 heavy (non-hydrogen) atoms. The molecule has 1 heteroatoms. The molecular weight excluding hydrogens is 140 g/mol. The van der Waals surface area contributed by atoms with Crippen molar-refractivity contribution in [2.24, 2.45) is 11.8 Å². The zero-order chi connectivity index (χ0) is 7.40. The molecule has 1 fully saturated rings. The largest absolute Gasteiger partial charge is 0.162 e. The maximum Gasteiger partial charge on any atom is -0.00649 e. The highest BCUT2D eigenvalue weighted by atomic mass is 32.2. The predicted octanol–water partition coefficient (Wildman–Crippen LogP) is 3.18.